The van der Waals surface area contributed by atoms with Crippen LogP contribution in [0.5, 0.6) is 0 Å². The maximum absolute atomic E-state index is 11.7. The van der Waals surface area contributed by atoms with Gasteiger partial charge in [-0.1, -0.05) is 0 Å². The normalized spacial score (nSPS) is 34.6. The van der Waals surface area contributed by atoms with E-state index in [1.807, 2.05) is 20.8 Å². The van der Waals surface area contributed by atoms with E-state index in [1.165, 1.54) is 19.4 Å². The Balaban J connectivity index is 1.28. The summed E-state index contributed by atoms with van der Waals surface area (Å²) in [6, 6.07) is 1.38. The van der Waals surface area contributed by atoms with Crippen LogP contribution in [0, 0.1) is 0 Å². The number of carbonyl (C=O) groups excluding carboxylic acids is 1. The summed E-state index contributed by atoms with van der Waals surface area (Å²) in [7, 11) is 0. The number of alkyl carbamates (subject to hydrolysis) is 1. The van der Waals surface area contributed by atoms with E-state index in [0.29, 0.717) is 18.2 Å². The number of ether oxygens (including phenoxy) is 2. The topological polar surface area (TPSA) is 62.8 Å². The van der Waals surface area contributed by atoms with Gasteiger partial charge in [0.15, 0.2) is 0 Å². The second kappa shape index (κ2) is 6.95. The molecule has 1 aliphatic carbocycles. The van der Waals surface area contributed by atoms with Gasteiger partial charge < -0.3 is 20.1 Å². The summed E-state index contributed by atoms with van der Waals surface area (Å²) in [6.07, 6.45) is 4.55. The van der Waals surface area contributed by atoms with Gasteiger partial charge in [0.05, 0.1) is 12.7 Å². The molecular formula is C17H31N3O3. The molecular weight excluding hydrogens is 294 g/mol. The lowest BCUT2D eigenvalue weighted by Crippen LogP contribution is -2.56. The summed E-state index contributed by atoms with van der Waals surface area (Å²) in [5, 5.41) is 6.51. The summed E-state index contributed by atoms with van der Waals surface area (Å²) in [4.78, 5) is 14.3. The lowest BCUT2D eigenvalue weighted by atomic mass is 9.87. The van der Waals surface area contributed by atoms with Crippen molar-refractivity contribution in [2.24, 2.45) is 0 Å². The molecule has 23 heavy (non-hydrogen) atoms. The third-order valence-electron chi connectivity index (χ3n) is 4.95. The van der Waals surface area contributed by atoms with Gasteiger partial charge in [0.1, 0.15) is 5.60 Å². The molecule has 3 fully saturated rings. The van der Waals surface area contributed by atoms with Crippen LogP contribution in [0.4, 0.5) is 4.79 Å². The van der Waals surface area contributed by atoms with Crippen molar-refractivity contribution in [2.75, 3.05) is 26.2 Å². The summed E-state index contributed by atoms with van der Waals surface area (Å²) >= 11 is 0. The minimum Gasteiger partial charge on any atom is -0.444 e. The van der Waals surface area contributed by atoms with Crippen LogP contribution in [0.1, 0.15) is 46.5 Å². The van der Waals surface area contributed by atoms with Crippen LogP contribution in [0.25, 0.3) is 0 Å². The number of nitrogens with zero attached hydrogens (tertiary/aromatic N) is 1. The molecule has 1 amide bonds. The van der Waals surface area contributed by atoms with Crippen molar-refractivity contribution in [2.45, 2.75) is 76.3 Å². The third kappa shape index (κ3) is 4.81. The Morgan fingerprint density at radius 1 is 1.30 bits per heavy atom. The van der Waals surface area contributed by atoms with Gasteiger partial charge in [-0.2, -0.15) is 0 Å². The molecule has 1 saturated carbocycles. The SMILES string of the molecule is CC(C)(C)OC(=O)NC1CC(NCC2CN3CCCC3CO2)C1. The van der Waals surface area contributed by atoms with Crippen LogP contribution in [-0.4, -0.2) is 67.1 Å². The Bertz CT molecular complexity index is 418. The zero-order valence-electron chi connectivity index (χ0n) is 14.6. The van der Waals surface area contributed by atoms with E-state index in [9.17, 15) is 4.79 Å². The minimum atomic E-state index is -0.433. The van der Waals surface area contributed by atoms with E-state index < -0.39 is 5.60 Å². The van der Waals surface area contributed by atoms with Gasteiger partial charge in [-0.15, -0.1) is 0 Å². The Morgan fingerprint density at radius 3 is 2.83 bits per heavy atom. The summed E-state index contributed by atoms with van der Waals surface area (Å²) in [6.45, 7) is 9.74. The quantitative estimate of drug-likeness (QED) is 0.820. The van der Waals surface area contributed by atoms with Crippen LogP contribution < -0.4 is 10.6 Å². The molecule has 2 atom stereocenters. The second-order valence-corrected chi connectivity index (χ2v) is 8.17. The predicted molar refractivity (Wildman–Crippen MR) is 88.5 cm³/mol. The fraction of sp³-hybridized carbons (Fsp3) is 0.941. The third-order valence-corrected chi connectivity index (χ3v) is 4.95. The van der Waals surface area contributed by atoms with Crippen LogP contribution in [0.2, 0.25) is 0 Å². The van der Waals surface area contributed by atoms with Gasteiger partial charge in [0, 0.05) is 31.2 Å². The van der Waals surface area contributed by atoms with Crippen LogP contribution in [0.3, 0.4) is 0 Å². The Kier molecular flexibility index (Phi) is 5.13. The standard InChI is InChI=1S/C17H31N3O3/c1-17(2,3)23-16(21)19-13-7-12(8-13)18-9-15-10-20-6-4-5-14(20)11-22-15/h12-15,18H,4-11H2,1-3H3,(H,19,21). The van der Waals surface area contributed by atoms with E-state index in [-0.39, 0.29) is 12.1 Å². The van der Waals surface area contributed by atoms with Crippen LogP contribution in [-0.2, 0) is 9.47 Å². The smallest absolute Gasteiger partial charge is 0.407 e. The maximum atomic E-state index is 11.7. The number of hydrogen-bond donors (Lipinski definition) is 2. The lowest BCUT2D eigenvalue weighted by molar-refractivity contribution is -0.0491. The minimum absolute atomic E-state index is 0.234. The molecule has 0 radical (unpaired) electrons. The van der Waals surface area contributed by atoms with Crippen molar-refractivity contribution in [1.82, 2.24) is 15.5 Å². The number of morpholine rings is 1. The first-order chi connectivity index (χ1) is 10.9. The number of nitrogens with one attached hydrogen (secondary N) is 2. The van der Waals surface area contributed by atoms with E-state index >= 15 is 0 Å². The van der Waals surface area contributed by atoms with E-state index in [0.717, 1.165) is 32.5 Å². The highest BCUT2D eigenvalue weighted by Crippen LogP contribution is 2.24. The average molecular weight is 325 g/mol. The van der Waals surface area contributed by atoms with Crippen molar-refractivity contribution in [3.05, 3.63) is 0 Å². The number of fused-ring (bicyclic) bond motifs is 1. The second-order valence-electron chi connectivity index (χ2n) is 8.17. The van der Waals surface area contributed by atoms with Crippen molar-refractivity contribution in [3.8, 4) is 0 Å². The first-order valence-corrected chi connectivity index (χ1v) is 8.97. The lowest BCUT2D eigenvalue weighted by Gasteiger charge is -2.39. The zero-order chi connectivity index (χ0) is 16.4. The van der Waals surface area contributed by atoms with Gasteiger partial charge >= 0.3 is 6.09 Å². The van der Waals surface area contributed by atoms with Gasteiger partial charge in [0.2, 0.25) is 0 Å². The fourth-order valence-electron chi connectivity index (χ4n) is 3.68. The van der Waals surface area contributed by atoms with Gasteiger partial charge in [-0.25, -0.2) is 4.79 Å². The largest absolute Gasteiger partial charge is 0.444 e. The molecule has 2 heterocycles. The van der Waals surface area contributed by atoms with Gasteiger partial charge in [-0.3, -0.25) is 4.90 Å². The van der Waals surface area contributed by atoms with Crippen molar-refractivity contribution >= 4 is 6.09 Å². The molecule has 3 aliphatic rings. The van der Waals surface area contributed by atoms with Crippen LogP contribution >= 0.6 is 0 Å². The molecule has 0 aromatic carbocycles. The molecule has 2 aliphatic heterocycles. The first-order valence-electron chi connectivity index (χ1n) is 8.97. The molecule has 132 valence electrons. The van der Waals surface area contributed by atoms with Crippen molar-refractivity contribution in [1.29, 1.82) is 0 Å². The highest BCUT2D eigenvalue weighted by atomic mass is 16.6. The summed E-state index contributed by atoms with van der Waals surface area (Å²) in [5.41, 5.74) is -0.433. The van der Waals surface area contributed by atoms with E-state index in [1.54, 1.807) is 0 Å². The molecule has 2 saturated heterocycles. The predicted octanol–water partition coefficient (Wildman–Crippen LogP) is 1.49. The van der Waals surface area contributed by atoms with Crippen molar-refractivity contribution in [3.63, 3.8) is 0 Å². The number of rotatable bonds is 4. The van der Waals surface area contributed by atoms with E-state index in [4.69, 9.17) is 9.47 Å². The highest BCUT2D eigenvalue weighted by molar-refractivity contribution is 5.68. The summed E-state index contributed by atoms with van der Waals surface area (Å²) < 4.78 is 11.2. The number of amides is 1. The van der Waals surface area contributed by atoms with Crippen LogP contribution in [0.15, 0.2) is 0 Å². The Morgan fingerprint density at radius 2 is 2.09 bits per heavy atom. The maximum Gasteiger partial charge on any atom is 0.407 e. The Labute approximate surface area is 139 Å². The molecule has 6 heteroatoms. The fourth-order valence-corrected chi connectivity index (χ4v) is 3.68. The van der Waals surface area contributed by atoms with Gasteiger partial charge in [-0.05, 0) is 53.0 Å². The molecule has 0 aromatic heterocycles. The molecule has 3 rings (SSSR count). The van der Waals surface area contributed by atoms with Crippen molar-refractivity contribution < 1.29 is 14.3 Å². The number of hydrogen-bond acceptors (Lipinski definition) is 5. The number of carbonyl (C=O) groups is 1. The molecule has 0 bridgehead atoms. The monoisotopic (exact) mass is 325 g/mol. The highest BCUT2D eigenvalue weighted by Gasteiger charge is 2.34. The van der Waals surface area contributed by atoms with E-state index in [2.05, 4.69) is 15.5 Å². The van der Waals surface area contributed by atoms with Gasteiger partial charge in [0.25, 0.3) is 0 Å². The molecule has 0 aromatic rings. The molecule has 2 N–H and O–H groups in total. The Hall–Kier alpha value is -0.850. The summed E-state index contributed by atoms with van der Waals surface area (Å²) in [5.74, 6) is 0. The molecule has 2 unspecified atom stereocenters. The first kappa shape index (κ1) is 17.0. The molecule has 6 nitrogen and oxygen atoms in total. The molecule has 0 spiro atoms. The zero-order valence-corrected chi connectivity index (χ0v) is 14.6. The average Bonchev–Trinajstić information content (AvgIpc) is 2.86.